The first-order valence-electron chi connectivity index (χ1n) is 11.9. The molecule has 2 saturated heterocycles. The Hall–Kier alpha value is -3.55. The van der Waals surface area contributed by atoms with Gasteiger partial charge in [0.2, 0.25) is 5.95 Å². The Kier molecular flexibility index (Phi) is 6.36. The Morgan fingerprint density at radius 1 is 1.14 bits per heavy atom. The van der Waals surface area contributed by atoms with Gasteiger partial charge in [0.1, 0.15) is 11.6 Å². The zero-order valence-corrected chi connectivity index (χ0v) is 20.2. The highest BCUT2D eigenvalue weighted by molar-refractivity contribution is 5.57. The van der Waals surface area contributed by atoms with E-state index in [0.29, 0.717) is 18.9 Å². The number of nitrogens with one attached hydrogen (secondary N) is 1. The van der Waals surface area contributed by atoms with Crippen LogP contribution in [-0.2, 0) is 13.6 Å². The number of nitriles is 1. The largest absolute Gasteiger partial charge is 0.352 e. The summed E-state index contributed by atoms with van der Waals surface area (Å²) in [6.45, 7) is 7.55. The Morgan fingerprint density at radius 2 is 1.91 bits per heavy atom. The second-order valence-electron chi connectivity index (χ2n) is 9.50. The number of aromatic nitrogens is 4. The highest BCUT2D eigenvalue weighted by Gasteiger charge is 2.49. The smallest absolute Gasteiger partial charge is 0.229 e. The third-order valence-electron chi connectivity index (χ3n) is 6.98. The summed E-state index contributed by atoms with van der Waals surface area (Å²) in [5.74, 6) is 1.26. The average molecular weight is 476 g/mol. The van der Waals surface area contributed by atoms with Crippen molar-refractivity contribution in [1.29, 1.82) is 5.26 Å². The molecule has 2 aromatic heterocycles. The van der Waals surface area contributed by atoms with E-state index in [2.05, 4.69) is 36.2 Å². The predicted octanol–water partition coefficient (Wildman–Crippen LogP) is 2.69. The Balaban J connectivity index is 1.23. The van der Waals surface area contributed by atoms with Gasteiger partial charge in [0.15, 0.2) is 0 Å². The summed E-state index contributed by atoms with van der Waals surface area (Å²) >= 11 is 0. The van der Waals surface area contributed by atoms with Crippen molar-refractivity contribution in [3.63, 3.8) is 0 Å². The number of nitrogens with zero attached hydrogens (tertiary/aromatic N) is 8. The maximum Gasteiger partial charge on any atom is 0.229 e. The van der Waals surface area contributed by atoms with E-state index in [1.54, 1.807) is 16.9 Å². The third-order valence-corrected chi connectivity index (χ3v) is 6.98. The molecular formula is C25H30FN9. The maximum atomic E-state index is 14.1. The van der Waals surface area contributed by atoms with Crippen LogP contribution in [-0.4, -0.2) is 74.4 Å². The molecule has 0 bridgehead atoms. The van der Waals surface area contributed by atoms with Crippen LogP contribution in [0, 0.1) is 24.1 Å². The van der Waals surface area contributed by atoms with Crippen molar-refractivity contribution in [2.45, 2.75) is 25.4 Å². The number of hydrogen-bond acceptors (Lipinski definition) is 8. The van der Waals surface area contributed by atoms with Gasteiger partial charge in [0.25, 0.3) is 0 Å². The van der Waals surface area contributed by atoms with E-state index < -0.39 is 0 Å². The summed E-state index contributed by atoms with van der Waals surface area (Å²) in [6, 6.07) is 9.39. The number of piperazine rings is 1. The van der Waals surface area contributed by atoms with Gasteiger partial charge in [0, 0.05) is 76.4 Å². The van der Waals surface area contributed by atoms with E-state index in [1.807, 2.05) is 38.5 Å². The first-order valence-corrected chi connectivity index (χ1v) is 11.9. The summed E-state index contributed by atoms with van der Waals surface area (Å²) in [4.78, 5) is 16.1. The van der Waals surface area contributed by atoms with Crippen LogP contribution in [0.25, 0.3) is 0 Å². The van der Waals surface area contributed by atoms with Crippen molar-refractivity contribution in [1.82, 2.24) is 29.5 Å². The van der Waals surface area contributed by atoms with Gasteiger partial charge in [-0.1, -0.05) is 18.2 Å². The molecule has 2 aliphatic rings. The first-order chi connectivity index (χ1) is 17.0. The van der Waals surface area contributed by atoms with E-state index in [0.717, 1.165) is 61.9 Å². The molecule has 0 saturated carbocycles. The molecule has 2 fully saturated rings. The molecule has 0 atom stereocenters. The van der Waals surface area contributed by atoms with E-state index >= 15 is 0 Å². The minimum Gasteiger partial charge on any atom is -0.352 e. The van der Waals surface area contributed by atoms with Crippen molar-refractivity contribution < 1.29 is 4.39 Å². The highest BCUT2D eigenvalue weighted by atomic mass is 19.1. The lowest BCUT2D eigenvalue weighted by molar-refractivity contribution is 0.0128. The molecule has 5 rings (SSSR count). The molecular weight excluding hydrogens is 445 g/mol. The molecule has 0 aliphatic carbocycles. The Labute approximate surface area is 204 Å². The number of rotatable bonds is 7. The van der Waals surface area contributed by atoms with Crippen LogP contribution in [0.4, 0.5) is 21.8 Å². The molecule has 182 valence electrons. The van der Waals surface area contributed by atoms with Crippen molar-refractivity contribution in [3.8, 4) is 6.07 Å². The summed E-state index contributed by atoms with van der Waals surface area (Å²) in [5, 5.41) is 17.0. The van der Waals surface area contributed by atoms with Crippen molar-refractivity contribution in [2.24, 2.45) is 7.05 Å². The molecule has 1 N–H and O–H groups in total. The second-order valence-corrected chi connectivity index (χ2v) is 9.50. The predicted molar refractivity (Wildman–Crippen MR) is 132 cm³/mol. The number of hydrogen-bond donors (Lipinski definition) is 1. The summed E-state index contributed by atoms with van der Waals surface area (Å²) in [6.07, 6.45) is 5.90. The van der Waals surface area contributed by atoms with Gasteiger partial charge in [0.05, 0.1) is 29.9 Å². The molecule has 3 aromatic rings. The molecule has 0 radical (unpaired) electrons. The Bertz CT molecular complexity index is 1220. The maximum absolute atomic E-state index is 14.1. The van der Waals surface area contributed by atoms with Gasteiger partial charge in [-0.3, -0.25) is 14.5 Å². The van der Waals surface area contributed by atoms with Gasteiger partial charge in [-0.05, 0) is 13.0 Å². The zero-order valence-electron chi connectivity index (χ0n) is 20.2. The van der Waals surface area contributed by atoms with Crippen molar-refractivity contribution in [2.75, 3.05) is 49.5 Å². The SMILES string of the molecule is Cc1cnc(Nc2cnn(C)c2)nc1N1CC(CC#N)(N2CCN(Cc3ccccc3F)CC2)C1. The fourth-order valence-corrected chi connectivity index (χ4v) is 5.06. The molecule has 0 amide bonds. The second kappa shape index (κ2) is 9.60. The normalized spacial score (nSPS) is 18.2. The molecule has 2 aliphatic heterocycles. The summed E-state index contributed by atoms with van der Waals surface area (Å²) < 4.78 is 15.8. The molecule has 10 heteroatoms. The number of halogens is 1. The van der Waals surface area contributed by atoms with Crippen LogP contribution in [0.5, 0.6) is 0 Å². The van der Waals surface area contributed by atoms with Gasteiger partial charge in [-0.25, -0.2) is 9.37 Å². The lowest BCUT2D eigenvalue weighted by atomic mass is 9.83. The molecule has 9 nitrogen and oxygen atoms in total. The highest BCUT2D eigenvalue weighted by Crippen LogP contribution is 2.36. The van der Waals surface area contributed by atoms with E-state index in [1.165, 1.54) is 6.07 Å². The van der Waals surface area contributed by atoms with Gasteiger partial charge >= 0.3 is 0 Å². The van der Waals surface area contributed by atoms with Crippen molar-refractivity contribution in [3.05, 3.63) is 59.8 Å². The van der Waals surface area contributed by atoms with Gasteiger partial charge < -0.3 is 10.2 Å². The monoisotopic (exact) mass is 475 g/mol. The van der Waals surface area contributed by atoms with Crippen LogP contribution < -0.4 is 10.2 Å². The van der Waals surface area contributed by atoms with Crippen molar-refractivity contribution >= 4 is 17.5 Å². The lowest BCUT2D eigenvalue weighted by Crippen LogP contribution is -2.72. The molecule has 1 aromatic carbocycles. The zero-order chi connectivity index (χ0) is 24.4. The van der Waals surface area contributed by atoms with Crippen LogP contribution in [0.3, 0.4) is 0 Å². The lowest BCUT2D eigenvalue weighted by Gasteiger charge is -2.57. The first kappa shape index (κ1) is 23.2. The van der Waals surface area contributed by atoms with Crippen LogP contribution >= 0.6 is 0 Å². The quantitative estimate of drug-likeness (QED) is 0.558. The fourth-order valence-electron chi connectivity index (χ4n) is 5.06. The van der Waals surface area contributed by atoms with E-state index in [-0.39, 0.29) is 11.4 Å². The number of aryl methyl sites for hydroxylation is 2. The molecule has 0 spiro atoms. The fraction of sp³-hybridized carbons (Fsp3) is 0.440. The minimum absolute atomic E-state index is 0.150. The number of anilines is 3. The Morgan fingerprint density at radius 3 is 2.60 bits per heavy atom. The van der Waals surface area contributed by atoms with E-state index in [4.69, 9.17) is 4.98 Å². The van der Waals surface area contributed by atoms with E-state index in [9.17, 15) is 9.65 Å². The van der Waals surface area contributed by atoms with Crippen LogP contribution in [0.1, 0.15) is 17.5 Å². The molecule has 35 heavy (non-hydrogen) atoms. The molecule has 4 heterocycles. The average Bonchev–Trinajstić information content (AvgIpc) is 3.24. The summed E-state index contributed by atoms with van der Waals surface area (Å²) in [7, 11) is 1.86. The topological polar surface area (TPSA) is 89.1 Å². The van der Waals surface area contributed by atoms with Gasteiger partial charge in [-0.2, -0.15) is 15.3 Å². The number of benzene rings is 1. The minimum atomic E-state index is -0.187. The van der Waals surface area contributed by atoms with Crippen LogP contribution in [0.15, 0.2) is 42.9 Å². The van der Waals surface area contributed by atoms with Gasteiger partial charge in [-0.15, -0.1) is 0 Å². The summed E-state index contributed by atoms with van der Waals surface area (Å²) in [5.41, 5.74) is 2.38. The van der Waals surface area contributed by atoms with Crippen LogP contribution in [0.2, 0.25) is 0 Å². The molecule has 0 unspecified atom stereocenters. The standard InChI is InChI=1S/C25H30FN9/c1-19-13-28-24(30-21-14-29-32(2)16-21)31-23(19)34-17-25(18-34,7-8-27)35-11-9-33(10-12-35)15-20-5-3-4-6-22(20)26/h3-6,13-14,16H,7,9-12,15,17-18H2,1-2H3,(H,28,30,31). The third kappa shape index (κ3) is 4.83.